The summed E-state index contributed by atoms with van der Waals surface area (Å²) in [6.07, 6.45) is 91.5. The van der Waals surface area contributed by atoms with Gasteiger partial charge in [0.2, 0.25) is 5.91 Å². The van der Waals surface area contributed by atoms with Gasteiger partial charge in [-0.05, 0) is 57.8 Å². The molecule has 0 aromatic carbocycles. The van der Waals surface area contributed by atoms with Crippen molar-refractivity contribution >= 4 is 5.91 Å². The number of rotatable bonds is 61. The van der Waals surface area contributed by atoms with E-state index in [2.05, 4.69) is 67.8 Å². The lowest BCUT2D eigenvalue weighted by molar-refractivity contribution is -0.123. The molecule has 0 rings (SSSR count). The van der Waals surface area contributed by atoms with E-state index in [-0.39, 0.29) is 12.5 Å². The number of allylic oxidation sites excluding steroid dienone is 9. The lowest BCUT2D eigenvalue weighted by Gasteiger charge is -2.20. The number of unbranched alkanes of at least 4 members (excludes halogenated alkanes) is 46. The van der Waals surface area contributed by atoms with Crippen molar-refractivity contribution in [3.05, 3.63) is 60.8 Å². The number of aliphatic hydroxyl groups excluding tert-OH is 2. The zero-order valence-electron chi connectivity index (χ0n) is 49.4. The lowest BCUT2D eigenvalue weighted by atomic mass is 10.0. The Morgan fingerprint density at radius 2 is 0.603 bits per heavy atom. The van der Waals surface area contributed by atoms with Gasteiger partial charge in [0.05, 0.1) is 18.8 Å². The first-order valence-corrected chi connectivity index (χ1v) is 33.0. The van der Waals surface area contributed by atoms with E-state index in [1.807, 2.05) is 6.08 Å². The number of hydrogen-bond donors (Lipinski definition) is 3. The Labute approximate surface area is 457 Å². The molecule has 0 radical (unpaired) electrons. The van der Waals surface area contributed by atoms with Crippen molar-refractivity contribution in [2.75, 3.05) is 6.61 Å². The molecule has 0 aliphatic rings. The number of aliphatic hydroxyl groups is 2. The Balaban J connectivity index is 3.43. The number of carbonyl (C=O) groups is 1. The summed E-state index contributed by atoms with van der Waals surface area (Å²) < 4.78 is 0. The third-order valence-electron chi connectivity index (χ3n) is 15.3. The van der Waals surface area contributed by atoms with Crippen LogP contribution in [0.2, 0.25) is 0 Å². The van der Waals surface area contributed by atoms with Gasteiger partial charge >= 0.3 is 0 Å². The van der Waals surface area contributed by atoms with Crippen LogP contribution in [-0.4, -0.2) is 34.9 Å². The molecule has 1 amide bonds. The normalized spacial score (nSPS) is 13.1. The van der Waals surface area contributed by atoms with Crippen molar-refractivity contribution in [2.24, 2.45) is 0 Å². The summed E-state index contributed by atoms with van der Waals surface area (Å²) in [5.41, 5.74) is 0. The van der Waals surface area contributed by atoms with Crippen LogP contribution in [0, 0.1) is 0 Å². The van der Waals surface area contributed by atoms with E-state index >= 15 is 0 Å². The van der Waals surface area contributed by atoms with Gasteiger partial charge in [-0.3, -0.25) is 4.79 Å². The lowest BCUT2D eigenvalue weighted by Crippen LogP contribution is -2.45. The first-order valence-electron chi connectivity index (χ1n) is 33.0. The second kappa shape index (κ2) is 64.4. The zero-order valence-corrected chi connectivity index (χ0v) is 49.4. The SMILES string of the molecule is CC/C=C\C/C=C\C/C=C\C/C=C\CCCCCCCCCCCCCCCCCCCCCCCCC(=O)NC(CO)C(O)/C=C/CCCCCCCCCCCCCCCCCCCCCCCCCC. The van der Waals surface area contributed by atoms with E-state index in [0.29, 0.717) is 6.42 Å². The smallest absolute Gasteiger partial charge is 0.220 e. The summed E-state index contributed by atoms with van der Waals surface area (Å²) in [6, 6.07) is -0.623. The van der Waals surface area contributed by atoms with Crippen LogP contribution in [-0.2, 0) is 4.79 Å². The van der Waals surface area contributed by atoms with Gasteiger partial charge in [-0.2, -0.15) is 0 Å². The number of carbonyl (C=O) groups excluding carboxylic acids is 1. The fraction of sp³-hybridized carbons (Fsp3) is 0.841. The standard InChI is InChI=1S/C69H129NO3/c1-3-5-7-9-11-13-15-17-19-21-23-25-27-29-31-32-33-34-35-36-37-38-39-41-43-45-47-49-51-53-55-57-59-61-63-65-69(73)70-67(66-71)68(72)64-62-60-58-56-54-52-50-48-46-44-42-40-30-28-26-24-22-20-18-16-14-12-10-8-6-4-2/h5,7,11,13,17,19,23,25,62,64,67-68,71-72H,3-4,6,8-10,12,14-16,18,20-22,24,26-61,63,65-66H2,1-2H3,(H,70,73)/b7-5-,13-11-,19-17-,25-23-,64-62+. The molecule has 0 aliphatic carbocycles. The maximum atomic E-state index is 12.5. The molecule has 0 aliphatic heterocycles. The van der Waals surface area contributed by atoms with Crippen LogP contribution in [0.3, 0.4) is 0 Å². The average molecular weight is 1020 g/mol. The van der Waals surface area contributed by atoms with E-state index in [4.69, 9.17) is 0 Å². The Morgan fingerprint density at radius 1 is 0.342 bits per heavy atom. The molecule has 0 spiro atoms. The van der Waals surface area contributed by atoms with E-state index in [9.17, 15) is 15.0 Å². The van der Waals surface area contributed by atoms with Crippen LogP contribution in [0.5, 0.6) is 0 Å². The second-order valence-corrected chi connectivity index (χ2v) is 22.5. The highest BCUT2D eigenvalue weighted by Crippen LogP contribution is 2.18. The van der Waals surface area contributed by atoms with Crippen LogP contribution >= 0.6 is 0 Å². The average Bonchev–Trinajstić information content (AvgIpc) is 3.40. The maximum absolute atomic E-state index is 12.5. The molecular weight excluding hydrogens is 891 g/mol. The molecule has 0 fully saturated rings. The predicted molar refractivity (Wildman–Crippen MR) is 327 cm³/mol. The van der Waals surface area contributed by atoms with Crippen LogP contribution in [0.4, 0.5) is 0 Å². The quantitative estimate of drug-likeness (QED) is 0.0420. The number of nitrogens with one attached hydrogen (secondary N) is 1. The largest absolute Gasteiger partial charge is 0.394 e. The van der Waals surface area contributed by atoms with Gasteiger partial charge in [-0.25, -0.2) is 0 Å². The Bertz CT molecular complexity index is 1200. The van der Waals surface area contributed by atoms with Crippen LogP contribution in [0.15, 0.2) is 60.8 Å². The van der Waals surface area contributed by atoms with Gasteiger partial charge in [0.25, 0.3) is 0 Å². The highest BCUT2D eigenvalue weighted by molar-refractivity contribution is 5.76. The monoisotopic (exact) mass is 1020 g/mol. The molecule has 73 heavy (non-hydrogen) atoms. The highest BCUT2D eigenvalue weighted by Gasteiger charge is 2.18. The first-order chi connectivity index (χ1) is 36.2. The van der Waals surface area contributed by atoms with Crippen LogP contribution in [0.25, 0.3) is 0 Å². The fourth-order valence-electron chi connectivity index (χ4n) is 10.3. The first kappa shape index (κ1) is 71.1. The van der Waals surface area contributed by atoms with Gasteiger partial charge in [-0.1, -0.05) is 351 Å². The third-order valence-corrected chi connectivity index (χ3v) is 15.3. The van der Waals surface area contributed by atoms with E-state index in [1.54, 1.807) is 6.08 Å². The topological polar surface area (TPSA) is 69.6 Å². The molecule has 0 saturated heterocycles. The van der Waals surface area contributed by atoms with Gasteiger partial charge in [-0.15, -0.1) is 0 Å². The molecule has 4 nitrogen and oxygen atoms in total. The van der Waals surface area contributed by atoms with Crippen molar-refractivity contribution in [3.63, 3.8) is 0 Å². The zero-order chi connectivity index (χ0) is 52.7. The molecular formula is C69H129NO3. The van der Waals surface area contributed by atoms with Crippen molar-refractivity contribution in [1.82, 2.24) is 5.32 Å². The second-order valence-electron chi connectivity index (χ2n) is 22.5. The highest BCUT2D eigenvalue weighted by atomic mass is 16.3. The Kier molecular flexibility index (Phi) is 62.7. The summed E-state index contributed by atoms with van der Waals surface area (Å²) in [5.74, 6) is -0.0575. The minimum Gasteiger partial charge on any atom is -0.394 e. The summed E-state index contributed by atoms with van der Waals surface area (Å²) in [4.78, 5) is 12.5. The molecule has 2 atom stereocenters. The van der Waals surface area contributed by atoms with E-state index in [0.717, 1.165) is 51.4 Å². The molecule has 3 N–H and O–H groups in total. The van der Waals surface area contributed by atoms with Crippen LogP contribution < -0.4 is 5.32 Å². The maximum Gasteiger partial charge on any atom is 0.220 e. The van der Waals surface area contributed by atoms with Gasteiger partial charge < -0.3 is 15.5 Å². The van der Waals surface area contributed by atoms with Crippen molar-refractivity contribution in [1.29, 1.82) is 0 Å². The third kappa shape index (κ3) is 60.8. The van der Waals surface area contributed by atoms with E-state index in [1.165, 1.54) is 283 Å². The summed E-state index contributed by atoms with van der Waals surface area (Å²) in [5, 5.41) is 23.3. The van der Waals surface area contributed by atoms with Gasteiger partial charge in [0.15, 0.2) is 0 Å². The molecule has 0 bridgehead atoms. The molecule has 4 heteroatoms. The molecule has 0 saturated carbocycles. The molecule has 0 heterocycles. The molecule has 428 valence electrons. The number of hydrogen-bond acceptors (Lipinski definition) is 3. The van der Waals surface area contributed by atoms with Crippen LogP contribution in [0.1, 0.15) is 354 Å². The minimum atomic E-state index is -0.840. The number of amides is 1. The van der Waals surface area contributed by atoms with Gasteiger partial charge in [0, 0.05) is 6.42 Å². The van der Waals surface area contributed by atoms with Crippen molar-refractivity contribution in [2.45, 2.75) is 366 Å². The van der Waals surface area contributed by atoms with Crippen molar-refractivity contribution in [3.8, 4) is 0 Å². The van der Waals surface area contributed by atoms with E-state index < -0.39 is 12.1 Å². The predicted octanol–water partition coefficient (Wildman–Crippen LogP) is 22.3. The summed E-state index contributed by atoms with van der Waals surface area (Å²) in [7, 11) is 0. The van der Waals surface area contributed by atoms with Gasteiger partial charge in [0.1, 0.15) is 0 Å². The minimum absolute atomic E-state index is 0.0575. The molecule has 0 aromatic rings. The Morgan fingerprint density at radius 3 is 0.904 bits per heavy atom. The molecule has 2 unspecified atom stereocenters. The Hall–Kier alpha value is -1.91. The summed E-state index contributed by atoms with van der Waals surface area (Å²) in [6.45, 7) is 4.23. The fourth-order valence-corrected chi connectivity index (χ4v) is 10.3. The summed E-state index contributed by atoms with van der Waals surface area (Å²) >= 11 is 0. The van der Waals surface area contributed by atoms with Crippen molar-refractivity contribution < 1.29 is 15.0 Å². The molecule has 0 aromatic heterocycles.